The molecule has 2 heterocycles. The number of para-hydroxylation sites is 1. The maximum absolute atomic E-state index is 13.3. The predicted molar refractivity (Wildman–Crippen MR) is 152 cm³/mol. The number of fused-ring (bicyclic) bond motifs is 2. The van der Waals surface area contributed by atoms with E-state index in [1.54, 1.807) is 18.0 Å². The Balaban J connectivity index is 1.46. The summed E-state index contributed by atoms with van der Waals surface area (Å²) in [7, 11) is 0.370. The van der Waals surface area contributed by atoms with Gasteiger partial charge >= 0.3 is 19.1 Å². The number of carbonyl (C=O) groups excluding carboxylic acids is 4. The SMILES string of the molecule is CC(C)C[C@H](NC(=O)CNC(=O)c1cc(Cl)ccc1Cl)B1OC(=O)[C@@H]2CN(c3ccccc3)C[C@@H](C(=O)O1)N2C. The summed E-state index contributed by atoms with van der Waals surface area (Å²) in [4.78, 5) is 55.7. The first-order valence-corrected chi connectivity index (χ1v) is 13.7. The van der Waals surface area contributed by atoms with Crippen molar-refractivity contribution in [1.82, 2.24) is 15.5 Å². The number of amides is 2. The van der Waals surface area contributed by atoms with Crippen LogP contribution in [0.3, 0.4) is 0 Å². The molecule has 0 aromatic heterocycles. The molecule has 13 heteroatoms. The molecular weight excluding hydrogens is 558 g/mol. The van der Waals surface area contributed by atoms with Gasteiger partial charge < -0.3 is 24.8 Å². The molecule has 0 aliphatic carbocycles. The average molecular weight is 589 g/mol. The molecule has 4 rings (SSSR count). The lowest BCUT2D eigenvalue weighted by atomic mass is 9.73. The van der Waals surface area contributed by atoms with Gasteiger partial charge in [-0.15, -0.1) is 0 Å². The Morgan fingerprint density at radius 2 is 1.65 bits per heavy atom. The zero-order valence-electron chi connectivity index (χ0n) is 22.4. The van der Waals surface area contributed by atoms with Gasteiger partial charge in [0.15, 0.2) is 0 Å². The highest BCUT2D eigenvalue weighted by Crippen LogP contribution is 2.26. The van der Waals surface area contributed by atoms with Crippen LogP contribution in [0, 0.1) is 5.92 Å². The number of rotatable bonds is 8. The maximum Gasteiger partial charge on any atom is 0.622 e. The van der Waals surface area contributed by atoms with Crippen LogP contribution in [0.2, 0.25) is 10.0 Å². The topological polar surface area (TPSA) is 117 Å². The lowest BCUT2D eigenvalue weighted by molar-refractivity contribution is -0.155. The van der Waals surface area contributed by atoms with Gasteiger partial charge in [-0.25, -0.2) is 0 Å². The van der Waals surface area contributed by atoms with Crippen molar-refractivity contribution in [3.8, 4) is 0 Å². The number of carbonyl (C=O) groups is 4. The van der Waals surface area contributed by atoms with Crippen LogP contribution in [0.15, 0.2) is 48.5 Å². The van der Waals surface area contributed by atoms with E-state index in [0.717, 1.165) is 5.69 Å². The van der Waals surface area contributed by atoms with Crippen molar-refractivity contribution in [2.45, 2.75) is 38.3 Å². The number of anilines is 1. The van der Waals surface area contributed by atoms with E-state index in [-0.39, 0.29) is 23.0 Å². The molecule has 2 aliphatic rings. The minimum absolute atomic E-state index is 0.0590. The van der Waals surface area contributed by atoms with Crippen LogP contribution >= 0.6 is 23.2 Å². The van der Waals surface area contributed by atoms with Gasteiger partial charge in [0, 0.05) is 23.8 Å². The zero-order chi connectivity index (χ0) is 29.0. The highest BCUT2D eigenvalue weighted by atomic mass is 35.5. The van der Waals surface area contributed by atoms with Gasteiger partial charge in [-0.3, -0.25) is 24.1 Å². The van der Waals surface area contributed by atoms with E-state index in [4.69, 9.17) is 32.5 Å². The fourth-order valence-electron chi connectivity index (χ4n) is 4.80. The van der Waals surface area contributed by atoms with Gasteiger partial charge in [-0.2, -0.15) is 0 Å². The summed E-state index contributed by atoms with van der Waals surface area (Å²) < 4.78 is 11.4. The number of nitrogens with one attached hydrogen (secondary N) is 2. The van der Waals surface area contributed by atoms with Crippen molar-refractivity contribution in [3.63, 3.8) is 0 Å². The Hall–Kier alpha value is -3.28. The van der Waals surface area contributed by atoms with Crippen LogP contribution in [0.5, 0.6) is 0 Å². The first kappa shape index (κ1) is 29.7. The fraction of sp³-hybridized carbons (Fsp3) is 0.407. The van der Waals surface area contributed by atoms with Crippen LogP contribution in [-0.4, -0.2) is 80.5 Å². The molecule has 2 saturated heterocycles. The first-order valence-electron chi connectivity index (χ1n) is 13.0. The molecule has 0 spiro atoms. The van der Waals surface area contributed by atoms with Crippen LogP contribution in [0.25, 0.3) is 0 Å². The molecule has 2 fully saturated rings. The van der Waals surface area contributed by atoms with Gasteiger partial charge in [0.25, 0.3) is 5.91 Å². The Bertz CT molecular complexity index is 1240. The quantitative estimate of drug-likeness (QED) is 0.452. The predicted octanol–water partition coefficient (Wildman–Crippen LogP) is 2.57. The minimum Gasteiger partial charge on any atom is -0.497 e. The molecule has 10 nitrogen and oxygen atoms in total. The molecule has 0 saturated carbocycles. The second-order valence-corrected chi connectivity index (χ2v) is 11.1. The monoisotopic (exact) mass is 588 g/mol. The largest absolute Gasteiger partial charge is 0.622 e. The van der Waals surface area contributed by atoms with Crippen molar-refractivity contribution >= 4 is 59.8 Å². The normalized spacial score (nSPS) is 20.2. The highest BCUT2D eigenvalue weighted by molar-refractivity contribution is 6.51. The van der Waals surface area contributed by atoms with Gasteiger partial charge in [0.1, 0.15) is 12.1 Å². The number of hydrogen-bond donors (Lipinski definition) is 2. The van der Waals surface area contributed by atoms with E-state index in [1.807, 2.05) is 49.1 Å². The summed E-state index contributed by atoms with van der Waals surface area (Å²) in [6, 6.07) is 12.5. The van der Waals surface area contributed by atoms with E-state index in [9.17, 15) is 19.2 Å². The molecule has 0 unspecified atom stereocenters. The molecular formula is C27H31BCl2N4O6. The average Bonchev–Trinajstić information content (AvgIpc) is 2.92. The molecule has 2 aromatic carbocycles. The minimum atomic E-state index is -1.33. The van der Waals surface area contributed by atoms with E-state index in [1.165, 1.54) is 12.1 Å². The summed E-state index contributed by atoms with van der Waals surface area (Å²) in [6.45, 7) is 4.12. The Morgan fingerprint density at radius 1 is 1.02 bits per heavy atom. The Kier molecular flexibility index (Phi) is 9.60. The number of benzene rings is 2. The van der Waals surface area contributed by atoms with Gasteiger partial charge in [-0.1, -0.05) is 55.2 Å². The number of nitrogens with zero attached hydrogens (tertiary/aromatic N) is 2. The van der Waals surface area contributed by atoms with Crippen molar-refractivity contribution in [1.29, 1.82) is 0 Å². The van der Waals surface area contributed by atoms with Crippen LogP contribution in [0.4, 0.5) is 5.69 Å². The molecule has 0 radical (unpaired) electrons. The summed E-state index contributed by atoms with van der Waals surface area (Å²) in [5.41, 5.74) is 1.01. The van der Waals surface area contributed by atoms with E-state index in [2.05, 4.69) is 10.6 Å². The second-order valence-electron chi connectivity index (χ2n) is 10.3. The lowest BCUT2D eigenvalue weighted by Gasteiger charge is -2.45. The second kappa shape index (κ2) is 12.9. The maximum atomic E-state index is 13.3. The standard InChI is InChI=1S/C27H31BCl2N4O6/c1-16(2)11-23(32-24(35)13-31-25(36)19-12-17(29)9-10-20(19)30)28-39-26(37)21-14-34(18-7-5-4-6-8-18)15-22(33(21)3)27(38)40-28/h4-10,12,16,21-23H,11,13-15H2,1-3H3,(H,31,36)(H,32,35)/t21-,22-,23-/m0/s1. The number of halogens is 2. The Morgan fingerprint density at radius 3 is 2.25 bits per heavy atom. The number of likely N-dealkylation sites (N-methyl/N-ethyl adjacent to an activating group) is 1. The van der Waals surface area contributed by atoms with Crippen molar-refractivity contribution in [2.75, 3.05) is 31.6 Å². The van der Waals surface area contributed by atoms with Crippen molar-refractivity contribution in [3.05, 3.63) is 64.1 Å². The van der Waals surface area contributed by atoms with Crippen LogP contribution in [-0.2, 0) is 23.7 Å². The smallest absolute Gasteiger partial charge is 0.497 e. The summed E-state index contributed by atoms with van der Waals surface area (Å²) in [5.74, 6) is -3.02. The molecule has 3 atom stereocenters. The van der Waals surface area contributed by atoms with Crippen molar-refractivity contribution < 1.29 is 28.5 Å². The third kappa shape index (κ3) is 7.07. The summed E-state index contributed by atoms with van der Waals surface area (Å²) in [5, 5.41) is 5.78. The lowest BCUT2D eigenvalue weighted by Crippen LogP contribution is -2.67. The zero-order valence-corrected chi connectivity index (χ0v) is 23.9. The summed E-state index contributed by atoms with van der Waals surface area (Å²) in [6.07, 6.45) is 0.354. The van der Waals surface area contributed by atoms with Crippen LogP contribution < -0.4 is 15.5 Å². The van der Waals surface area contributed by atoms with Crippen LogP contribution in [0.1, 0.15) is 30.6 Å². The molecule has 2 N–H and O–H groups in total. The van der Waals surface area contributed by atoms with Crippen molar-refractivity contribution in [2.24, 2.45) is 5.92 Å². The Labute approximate surface area is 243 Å². The van der Waals surface area contributed by atoms with E-state index in [0.29, 0.717) is 24.5 Å². The van der Waals surface area contributed by atoms with E-state index < -0.39 is 48.9 Å². The van der Waals surface area contributed by atoms with Gasteiger partial charge in [-0.05, 0) is 49.7 Å². The molecule has 40 heavy (non-hydrogen) atoms. The third-order valence-corrected chi connectivity index (χ3v) is 7.45. The molecule has 2 aliphatic heterocycles. The number of hydrogen-bond acceptors (Lipinski definition) is 8. The first-order chi connectivity index (χ1) is 19.0. The number of piperazine rings is 1. The fourth-order valence-corrected chi connectivity index (χ4v) is 5.18. The molecule has 2 amide bonds. The molecule has 212 valence electrons. The molecule has 2 bridgehead atoms. The van der Waals surface area contributed by atoms with E-state index >= 15 is 0 Å². The van der Waals surface area contributed by atoms with Gasteiger partial charge in [0.2, 0.25) is 5.91 Å². The van der Waals surface area contributed by atoms with Gasteiger partial charge in [0.05, 0.1) is 23.1 Å². The highest BCUT2D eigenvalue weighted by Gasteiger charge is 2.49. The third-order valence-electron chi connectivity index (χ3n) is 6.88. The molecule has 2 aromatic rings. The summed E-state index contributed by atoms with van der Waals surface area (Å²) >= 11 is 12.0.